The molecule has 1 aliphatic rings. The Labute approximate surface area is 106 Å². The third kappa shape index (κ3) is 3.45. The van der Waals surface area contributed by atoms with Crippen LogP contribution in [-0.4, -0.2) is 41.4 Å². The van der Waals surface area contributed by atoms with Crippen LogP contribution in [0.5, 0.6) is 0 Å². The lowest BCUT2D eigenvalue weighted by Crippen LogP contribution is -2.29. The number of rotatable bonds is 4. The van der Waals surface area contributed by atoms with Crippen molar-refractivity contribution in [3.63, 3.8) is 0 Å². The summed E-state index contributed by atoms with van der Waals surface area (Å²) in [6.45, 7) is 5.93. The van der Waals surface area contributed by atoms with Crippen LogP contribution in [0.3, 0.4) is 0 Å². The van der Waals surface area contributed by atoms with E-state index in [9.17, 15) is 5.11 Å². The molecule has 17 heavy (non-hydrogen) atoms. The normalized spacial score (nSPS) is 25.9. The first kappa shape index (κ1) is 12.9. The van der Waals surface area contributed by atoms with E-state index in [1.54, 1.807) is 6.07 Å². The standard InChI is InChI=1S/C12H18ClNO3/c1-8(2)16-11-7-14(6-10(11)15)5-9-3-4-12(13)17-9/h3-4,8,10-11,15H,5-7H2,1-2H3/t10-,11-/m0/s1. The number of aliphatic hydroxyl groups is 1. The lowest BCUT2D eigenvalue weighted by molar-refractivity contribution is -0.0396. The van der Waals surface area contributed by atoms with Crippen LogP contribution in [0.1, 0.15) is 19.6 Å². The van der Waals surface area contributed by atoms with E-state index in [2.05, 4.69) is 4.90 Å². The predicted octanol–water partition coefficient (Wildman–Crippen LogP) is 1.90. The van der Waals surface area contributed by atoms with Crippen LogP contribution in [-0.2, 0) is 11.3 Å². The molecule has 2 heterocycles. The molecule has 0 amide bonds. The summed E-state index contributed by atoms with van der Waals surface area (Å²) in [6.07, 6.45) is -0.407. The number of halogens is 1. The highest BCUT2D eigenvalue weighted by Crippen LogP contribution is 2.20. The fourth-order valence-corrected chi connectivity index (χ4v) is 2.26. The molecule has 0 saturated carbocycles. The number of aliphatic hydroxyl groups excluding tert-OH is 1. The van der Waals surface area contributed by atoms with E-state index in [1.807, 2.05) is 19.9 Å². The minimum absolute atomic E-state index is 0.111. The van der Waals surface area contributed by atoms with E-state index in [1.165, 1.54) is 0 Å². The van der Waals surface area contributed by atoms with Gasteiger partial charge in [0, 0.05) is 13.1 Å². The number of furan rings is 1. The number of ether oxygens (including phenoxy) is 1. The maximum Gasteiger partial charge on any atom is 0.193 e. The lowest BCUT2D eigenvalue weighted by Gasteiger charge is -2.17. The second-order valence-electron chi connectivity index (χ2n) is 4.69. The Morgan fingerprint density at radius 3 is 2.88 bits per heavy atom. The number of nitrogens with zero attached hydrogens (tertiary/aromatic N) is 1. The lowest BCUT2D eigenvalue weighted by atomic mass is 10.2. The molecule has 0 spiro atoms. The molecular weight excluding hydrogens is 242 g/mol. The van der Waals surface area contributed by atoms with Crippen LogP contribution >= 0.6 is 11.6 Å². The largest absolute Gasteiger partial charge is 0.448 e. The first-order chi connectivity index (χ1) is 8.04. The van der Waals surface area contributed by atoms with Gasteiger partial charge in [-0.1, -0.05) is 0 Å². The molecule has 1 aromatic heterocycles. The third-order valence-electron chi connectivity index (χ3n) is 2.77. The van der Waals surface area contributed by atoms with E-state index < -0.39 is 6.10 Å². The maximum absolute atomic E-state index is 9.87. The number of β-amino-alcohol motifs (C(OH)–C–C–N with tert-alkyl or cyclic N) is 1. The fourth-order valence-electron chi connectivity index (χ4n) is 2.10. The van der Waals surface area contributed by atoms with Gasteiger partial charge in [0.25, 0.3) is 0 Å². The quantitative estimate of drug-likeness (QED) is 0.897. The summed E-state index contributed by atoms with van der Waals surface area (Å²) in [6, 6.07) is 3.58. The SMILES string of the molecule is CC(C)O[C@H]1CN(Cc2ccc(Cl)o2)C[C@@H]1O. The first-order valence-electron chi connectivity index (χ1n) is 5.84. The summed E-state index contributed by atoms with van der Waals surface area (Å²) >= 11 is 5.71. The monoisotopic (exact) mass is 259 g/mol. The smallest absolute Gasteiger partial charge is 0.193 e. The van der Waals surface area contributed by atoms with Crippen molar-refractivity contribution in [2.24, 2.45) is 0 Å². The van der Waals surface area contributed by atoms with E-state index in [0.717, 1.165) is 12.3 Å². The first-order valence-corrected chi connectivity index (χ1v) is 6.22. The summed E-state index contributed by atoms with van der Waals surface area (Å²) < 4.78 is 10.9. The third-order valence-corrected chi connectivity index (χ3v) is 2.97. The molecule has 96 valence electrons. The molecule has 1 saturated heterocycles. The Morgan fingerprint density at radius 1 is 1.53 bits per heavy atom. The molecule has 1 N–H and O–H groups in total. The summed E-state index contributed by atoms with van der Waals surface area (Å²) in [7, 11) is 0. The molecule has 0 bridgehead atoms. The van der Waals surface area contributed by atoms with Crippen LogP contribution in [0, 0.1) is 0 Å². The molecule has 1 aliphatic heterocycles. The highest BCUT2D eigenvalue weighted by atomic mass is 35.5. The highest BCUT2D eigenvalue weighted by molar-refractivity contribution is 6.28. The molecule has 0 radical (unpaired) electrons. The second-order valence-corrected chi connectivity index (χ2v) is 5.06. The van der Waals surface area contributed by atoms with Crippen LogP contribution in [0.2, 0.25) is 5.22 Å². The Morgan fingerprint density at radius 2 is 2.29 bits per heavy atom. The van der Waals surface area contributed by atoms with Gasteiger partial charge in [-0.25, -0.2) is 0 Å². The Bertz CT molecular complexity index is 366. The minimum Gasteiger partial charge on any atom is -0.448 e. The minimum atomic E-state index is -0.428. The van der Waals surface area contributed by atoms with Gasteiger partial charge in [0.05, 0.1) is 24.9 Å². The van der Waals surface area contributed by atoms with Gasteiger partial charge in [-0.2, -0.15) is 0 Å². The average molecular weight is 260 g/mol. The molecular formula is C12H18ClNO3. The maximum atomic E-state index is 9.87. The molecule has 2 atom stereocenters. The van der Waals surface area contributed by atoms with E-state index in [-0.39, 0.29) is 12.2 Å². The molecule has 0 aliphatic carbocycles. The van der Waals surface area contributed by atoms with Gasteiger partial charge in [-0.05, 0) is 37.6 Å². The Balaban J connectivity index is 1.88. The summed E-state index contributed by atoms with van der Waals surface area (Å²) in [4.78, 5) is 2.10. The molecule has 0 unspecified atom stereocenters. The van der Waals surface area contributed by atoms with E-state index in [0.29, 0.717) is 18.3 Å². The zero-order valence-corrected chi connectivity index (χ0v) is 10.9. The van der Waals surface area contributed by atoms with Gasteiger partial charge in [0.2, 0.25) is 0 Å². The number of hydrogen-bond donors (Lipinski definition) is 1. The topological polar surface area (TPSA) is 45.8 Å². The predicted molar refractivity (Wildman–Crippen MR) is 65.0 cm³/mol. The molecule has 4 nitrogen and oxygen atoms in total. The van der Waals surface area contributed by atoms with Crippen LogP contribution in [0.4, 0.5) is 0 Å². The molecule has 5 heteroatoms. The summed E-state index contributed by atoms with van der Waals surface area (Å²) in [5.41, 5.74) is 0. The molecule has 0 aromatic carbocycles. The van der Waals surface area contributed by atoms with Gasteiger partial charge < -0.3 is 14.3 Å². The van der Waals surface area contributed by atoms with E-state index in [4.69, 9.17) is 20.8 Å². The van der Waals surface area contributed by atoms with Crippen molar-refractivity contribution in [1.29, 1.82) is 0 Å². The number of hydrogen-bond acceptors (Lipinski definition) is 4. The van der Waals surface area contributed by atoms with Crippen molar-refractivity contribution in [2.45, 2.75) is 38.7 Å². The zero-order valence-electron chi connectivity index (χ0n) is 10.1. The number of likely N-dealkylation sites (tertiary alicyclic amines) is 1. The van der Waals surface area contributed by atoms with Gasteiger partial charge >= 0.3 is 0 Å². The molecule has 1 fully saturated rings. The van der Waals surface area contributed by atoms with Gasteiger partial charge in [0.1, 0.15) is 5.76 Å². The van der Waals surface area contributed by atoms with Crippen LogP contribution < -0.4 is 0 Å². The van der Waals surface area contributed by atoms with Gasteiger partial charge in [0.15, 0.2) is 5.22 Å². The molecule has 1 aromatic rings. The molecule has 2 rings (SSSR count). The van der Waals surface area contributed by atoms with Crippen molar-refractivity contribution < 1.29 is 14.3 Å². The summed E-state index contributed by atoms with van der Waals surface area (Å²) in [5, 5.41) is 10.3. The summed E-state index contributed by atoms with van der Waals surface area (Å²) in [5.74, 6) is 0.812. The fraction of sp³-hybridized carbons (Fsp3) is 0.667. The van der Waals surface area contributed by atoms with Crippen molar-refractivity contribution >= 4 is 11.6 Å². The van der Waals surface area contributed by atoms with Crippen molar-refractivity contribution in [1.82, 2.24) is 4.90 Å². The van der Waals surface area contributed by atoms with Gasteiger partial charge in [-0.15, -0.1) is 0 Å². The van der Waals surface area contributed by atoms with Gasteiger partial charge in [-0.3, -0.25) is 4.90 Å². The van der Waals surface area contributed by atoms with Crippen LogP contribution in [0.15, 0.2) is 16.5 Å². The zero-order chi connectivity index (χ0) is 12.4. The van der Waals surface area contributed by atoms with Crippen molar-refractivity contribution in [3.05, 3.63) is 23.1 Å². The Hall–Kier alpha value is -0.550. The second kappa shape index (κ2) is 5.40. The van der Waals surface area contributed by atoms with Crippen LogP contribution in [0.25, 0.3) is 0 Å². The van der Waals surface area contributed by atoms with E-state index >= 15 is 0 Å². The van der Waals surface area contributed by atoms with Crippen molar-refractivity contribution in [2.75, 3.05) is 13.1 Å². The Kier molecular flexibility index (Phi) is 4.09. The van der Waals surface area contributed by atoms with Crippen molar-refractivity contribution in [3.8, 4) is 0 Å². The average Bonchev–Trinajstić information content (AvgIpc) is 2.74. The highest BCUT2D eigenvalue weighted by Gasteiger charge is 2.32.